The van der Waals surface area contributed by atoms with E-state index in [4.69, 9.17) is 9.97 Å². The van der Waals surface area contributed by atoms with E-state index in [-0.39, 0.29) is 5.92 Å². The third-order valence-corrected chi connectivity index (χ3v) is 9.57. The van der Waals surface area contributed by atoms with Gasteiger partial charge in [-0.25, -0.2) is 9.97 Å². The van der Waals surface area contributed by atoms with Gasteiger partial charge in [0.2, 0.25) is 0 Å². The van der Waals surface area contributed by atoms with Crippen LogP contribution in [0.15, 0.2) is 152 Å². The van der Waals surface area contributed by atoms with Gasteiger partial charge in [-0.05, 0) is 42.8 Å². The number of hydrogen-bond donors (Lipinski definition) is 0. The Kier molecular flexibility index (Phi) is 5.37. The molecule has 0 N–H and O–H groups in total. The van der Waals surface area contributed by atoms with E-state index in [9.17, 15) is 0 Å². The number of nitrogens with zero attached hydrogens (tertiary/aromatic N) is 4. The maximum atomic E-state index is 5.20. The Labute approximate surface area is 265 Å². The predicted molar refractivity (Wildman–Crippen MR) is 190 cm³/mol. The largest absolute Gasteiger partial charge is 0.307 e. The molecule has 5 heterocycles. The molecule has 0 amide bonds. The zero-order valence-corrected chi connectivity index (χ0v) is 25.0. The third-order valence-electron chi connectivity index (χ3n) is 9.57. The summed E-state index contributed by atoms with van der Waals surface area (Å²) in [6.07, 6.45) is 9.63. The Hall–Kier alpha value is -6.00. The molecule has 0 fully saturated rings. The van der Waals surface area contributed by atoms with Crippen molar-refractivity contribution in [1.82, 2.24) is 18.9 Å². The fraction of sp³-hybridized carbons (Fsp3) is 0.0476. The van der Waals surface area contributed by atoms with E-state index in [2.05, 4.69) is 155 Å². The van der Waals surface area contributed by atoms with Gasteiger partial charge in [0.25, 0.3) is 0 Å². The lowest BCUT2D eigenvalue weighted by Gasteiger charge is -2.16. The Morgan fingerprint density at radius 3 is 2.17 bits per heavy atom. The van der Waals surface area contributed by atoms with E-state index >= 15 is 0 Å². The van der Waals surface area contributed by atoms with Gasteiger partial charge in [0.15, 0.2) is 5.82 Å². The molecule has 0 saturated heterocycles. The number of para-hydroxylation sites is 1. The van der Waals surface area contributed by atoms with Crippen molar-refractivity contribution < 1.29 is 0 Å². The lowest BCUT2D eigenvalue weighted by molar-refractivity contribution is 0.811. The summed E-state index contributed by atoms with van der Waals surface area (Å²) >= 11 is 0. The van der Waals surface area contributed by atoms with Crippen LogP contribution < -0.4 is 0 Å². The summed E-state index contributed by atoms with van der Waals surface area (Å²) in [6, 6.07) is 45.6. The molecule has 0 spiro atoms. The van der Waals surface area contributed by atoms with Gasteiger partial charge in [-0.15, -0.1) is 0 Å². The van der Waals surface area contributed by atoms with Crippen LogP contribution in [-0.2, 0) is 0 Å². The van der Waals surface area contributed by atoms with Gasteiger partial charge < -0.3 is 8.97 Å². The Balaban J connectivity index is 1.25. The molecule has 4 aromatic carbocycles. The Morgan fingerprint density at radius 2 is 1.30 bits per heavy atom. The molecule has 216 valence electrons. The molecular formula is C42H28N4. The van der Waals surface area contributed by atoms with Crippen molar-refractivity contribution in [2.45, 2.75) is 12.3 Å². The normalized spacial score (nSPS) is 14.9. The van der Waals surface area contributed by atoms with Gasteiger partial charge in [0.05, 0.1) is 39.0 Å². The lowest BCUT2D eigenvalue weighted by Crippen LogP contribution is -2.04. The molecule has 0 saturated carbocycles. The summed E-state index contributed by atoms with van der Waals surface area (Å²) in [7, 11) is 0. The van der Waals surface area contributed by atoms with Crippen LogP contribution >= 0.6 is 0 Å². The number of aromatic nitrogens is 4. The molecule has 1 unspecified atom stereocenters. The molecule has 0 radical (unpaired) electrons. The zero-order valence-electron chi connectivity index (χ0n) is 25.0. The molecule has 5 aromatic heterocycles. The quantitative estimate of drug-likeness (QED) is 0.205. The number of pyridine rings is 1. The second kappa shape index (κ2) is 9.75. The van der Waals surface area contributed by atoms with Crippen LogP contribution in [0.4, 0.5) is 0 Å². The topological polar surface area (TPSA) is 35.1 Å². The standard InChI is InChI=1S/C42H28N4/c1-3-13-27(14-4-1)34-26-35(28-15-5-2-6-16-28)44-42(43-34)29-17-11-18-30(25-29)45-37-22-10-9-21-33(37)39-38-24-12-23-36-31-19-7-8-20-32(31)40(41(39)45)46(36)38/h1-15,17-26,28H,16H2. The lowest BCUT2D eigenvalue weighted by atomic mass is 9.95. The smallest absolute Gasteiger partial charge is 0.160 e. The van der Waals surface area contributed by atoms with Crippen LogP contribution in [0.25, 0.3) is 77.5 Å². The second-order valence-corrected chi connectivity index (χ2v) is 12.2. The number of allylic oxidation sites excluding steroid dienone is 4. The van der Waals surface area contributed by atoms with Crippen LogP contribution in [0.3, 0.4) is 0 Å². The molecular weight excluding hydrogens is 560 g/mol. The molecule has 4 nitrogen and oxygen atoms in total. The minimum atomic E-state index is 0.220. The molecule has 46 heavy (non-hydrogen) atoms. The summed E-state index contributed by atoms with van der Waals surface area (Å²) in [5.74, 6) is 0.964. The average molecular weight is 589 g/mol. The van der Waals surface area contributed by atoms with Gasteiger partial charge in [0, 0.05) is 44.3 Å². The Morgan fingerprint density at radius 1 is 0.565 bits per heavy atom. The molecule has 0 aliphatic heterocycles. The highest BCUT2D eigenvalue weighted by Gasteiger charge is 2.24. The summed E-state index contributed by atoms with van der Waals surface area (Å²) in [6.45, 7) is 0. The highest BCUT2D eigenvalue weighted by molar-refractivity contribution is 6.29. The first-order valence-electron chi connectivity index (χ1n) is 15.9. The molecule has 0 bridgehead atoms. The number of fused-ring (bicyclic) bond motifs is 8. The zero-order chi connectivity index (χ0) is 30.2. The molecule has 1 atom stereocenters. The van der Waals surface area contributed by atoms with E-state index in [0.717, 1.165) is 40.4 Å². The van der Waals surface area contributed by atoms with Gasteiger partial charge >= 0.3 is 0 Å². The van der Waals surface area contributed by atoms with Crippen molar-refractivity contribution >= 4 is 49.1 Å². The summed E-state index contributed by atoms with van der Waals surface area (Å²) < 4.78 is 4.89. The summed E-state index contributed by atoms with van der Waals surface area (Å²) in [4.78, 5) is 10.4. The molecule has 4 heteroatoms. The number of benzene rings is 4. The SMILES string of the molecule is C1=CCC(c2cc(-c3ccccc3)nc(-c3cccc(-n4c5ccccc5c5c4c4c6ccccc6c6cccc5n64)c3)n2)C=C1. The van der Waals surface area contributed by atoms with Crippen LogP contribution in [-0.4, -0.2) is 18.9 Å². The van der Waals surface area contributed by atoms with E-state index in [0.29, 0.717) is 0 Å². The van der Waals surface area contributed by atoms with Crippen LogP contribution in [0, 0.1) is 0 Å². The average Bonchev–Trinajstić information content (AvgIpc) is 3.77. The van der Waals surface area contributed by atoms with E-state index in [1.807, 2.05) is 6.07 Å². The van der Waals surface area contributed by atoms with Crippen LogP contribution in [0.1, 0.15) is 18.0 Å². The van der Waals surface area contributed by atoms with Crippen molar-refractivity contribution in [2.24, 2.45) is 0 Å². The maximum absolute atomic E-state index is 5.20. The highest BCUT2D eigenvalue weighted by atomic mass is 15.0. The van der Waals surface area contributed by atoms with Gasteiger partial charge in [-0.3, -0.25) is 0 Å². The third kappa shape index (κ3) is 3.61. The maximum Gasteiger partial charge on any atom is 0.160 e. The summed E-state index contributed by atoms with van der Waals surface area (Å²) in [5.41, 5.74) is 11.3. The number of rotatable bonds is 4. The van der Waals surface area contributed by atoms with Gasteiger partial charge in [-0.1, -0.05) is 115 Å². The Bertz CT molecular complexity index is 2670. The van der Waals surface area contributed by atoms with Crippen molar-refractivity contribution in [3.8, 4) is 28.3 Å². The monoisotopic (exact) mass is 588 g/mol. The minimum absolute atomic E-state index is 0.220. The van der Waals surface area contributed by atoms with Crippen LogP contribution in [0.2, 0.25) is 0 Å². The number of hydrogen-bond acceptors (Lipinski definition) is 2. The minimum Gasteiger partial charge on any atom is -0.307 e. The van der Waals surface area contributed by atoms with Gasteiger partial charge in [0.1, 0.15) is 0 Å². The first-order chi connectivity index (χ1) is 22.8. The fourth-order valence-electron chi connectivity index (χ4n) is 7.54. The van der Waals surface area contributed by atoms with E-state index < -0.39 is 0 Å². The highest BCUT2D eigenvalue weighted by Crippen LogP contribution is 2.44. The van der Waals surface area contributed by atoms with Crippen molar-refractivity contribution in [3.05, 3.63) is 157 Å². The molecule has 1 aliphatic rings. The van der Waals surface area contributed by atoms with Crippen LogP contribution in [0.5, 0.6) is 0 Å². The predicted octanol–water partition coefficient (Wildman–Crippen LogP) is 10.5. The molecule has 9 aromatic rings. The molecule has 10 rings (SSSR count). The second-order valence-electron chi connectivity index (χ2n) is 12.2. The first kappa shape index (κ1) is 25.3. The van der Waals surface area contributed by atoms with Crippen molar-refractivity contribution in [3.63, 3.8) is 0 Å². The summed E-state index contributed by atoms with van der Waals surface area (Å²) in [5, 5.41) is 5.09. The molecule has 1 aliphatic carbocycles. The van der Waals surface area contributed by atoms with E-state index in [1.54, 1.807) is 0 Å². The van der Waals surface area contributed by atoms with Gasteiger partial charge in [-0.2, -0.15) is 0 Å². The van der Waals surface area contributed by atoms with Crippen molar-refractivity contribution in [1.29, 1.82) is 0 Å². The first-order valence-corrected chi connectivity index (χ1v) is 15.9. The van der Waals surface area contributed by atoms with Crippen molar-refractivity contribution in [2.75, 3.05) is 0 Å². The van der Waals surface area contributed by atoms with E-state index in [1.165, 1.54) is 49.1 Å². The fourth-order valence-corrected chi connectivity index (χ4v) is 7.54.